The van der Waals surface area contributed by atoms with E-state index in [0.717, 1.165) is 45.0 Å². The van der Waals surface area contributed by atoms with E-state index in [9.17, 15) is 18.3 Å². The molecule has 0 radical (unpaired) electrons. The highest BCUT2D eigenvalue weighted by molar-refractivity contribution is 5.44. The van der Waals surface area contributed by atoms with Gasteiger partial charge in [0.2, 0.25) is 0 Å². The summed E-state index contributed by atoms with van der Waals surface area (Å²) in [4.78, 5) is 2.32. The number of benzene rings is 1. The first-order chi connectivity index (χ1) is 9.43. The zero-order valence-electron chi connectivity index (χ0n) is 11.6. The zero-order chi connectivity index (χ0) is 14.8. The number of phenols is 1. The summed E-state index contributed by atoms with van der Waals surface area (Å²) in [5.41, 5.74) is -0.484. The van der Waals surface area contributed by atoms with Crippen LogP contribution in [0.15, 0.2) is 18.2 Å². The Morgan fingerprint density at radius 2 is 1.90 bits per heavy atom. The van der Waals surface area contributed by atoms with Gasteiger partial charge in [-0.25, -0.2) is 0 Å². The molecule has 112 valence electrons. The fourth-order valence-electron chi connectivity index (χ4n) is 2.90. The molecule has 1 fully saturated rings. The first kappa shape index (κ1) is 15.2. The summed E-state index contributed by atoms with van der Waals surface area (Å²) in [6, 6.07) is 3.94. The molecule has 1 saturated heterocycles. The van der Waals surface area contributed by atoms with Crippen LogP contribution < -0.4 is 0 Å². The van der Waals surface area contributed by atoms with Gasteiger partial charge in [0.05, 0.1) is 5.56 Å². The molecule has 2 rings (SSSR count). The van der Waals surface area contributed by atoms with E-state index in [1.54, 1.807) is 6.07 Å². The van der Waals surface area contributed by atoms with Gasteiger partial charge in [0.25, 0.3) is 0 Å². The number of alkyl halides is 3. The number of aromatic hydroxyl groups is 1. The smallest absolute Gasteiger partial charge is 0.419 e. The van der Waals surface area contributed by atoms with Crippen molar-refractivity contribution in [2.45, 2.75) is 38.3 Å². The summed E-state index contributed by atoms with van der Waals surface area (Å²) in [7, 11) is 0. The molecule has 1 aromatic rings. The van der Waals surface area contributed by atoms with Crippen LogP contribution >= 0.6 is 0 Å². The van der Waals surface area contributed by atoms with Crippen LogP contribution in [0.3, 0.4) is 0 Å². The summed E-state index contributed by atoms with van der Waals surface area (Å²) >= 11 is 0. The molecule has 5 heteroatoms. The number of hydrogen-bond donors (Lipinski definition) is 1. The number of hydrogen-bond acceptors (Lipinski definition) is 2. The van der Waals surface area contributed by atoms with Crippen molar-refractivity contribution in [1.82, 2.24) is 4.90 Å². The van der Waals surface area contributed by atoms with Gasteiger partial charge in [0, 0.05) is 0 Å². The Balaban J connectivity index is 2.15. The number of nitrogens with zero attached hydrogens (tertiary/aromatic N) is 1. The minimum atomic E-state index is -4.50. The Morgan fingerprint density at radius 3 is 2.45 bits per heavy atom. The van der Waals surface area contributed by atoms with Gasteiger partial charge in [-0.2, -0.15) is 13.2 Å². The van der Waals surface area contributed by atoms with Crippen molar-refractivity contribution >= 4 is 0 Å². The van der Waals surface area contributed by atoms with Gasteiger partial charge < -0.3 is 10.0 Å². The van der Waals surface area contributed by atoms with Crippen LogP contribution in [0.25, 0.3) is 0 Å². The molecule has 1 N–H and O–H groups in total. The van der Waals surface area contributed by atoms with E-state index in [4.69, 9.17) is 0 Å². The van der Waals surface area contributed by atoms with Gasteiger partial charge >= 0.3 is 6.18 Å². The van der Waals surface area contributed by atoms with Gasteiger partial charge in [-0.15, -0.1) is 0 Å². The molecule has 1 aromatic carbocycles. The molecule has 1 aliphatic heterocycles. The molecule has 0 aromatic heterocycles. The second kappa shape index (κ2) is 6.04. The van der Waals surface area contributed by atoms with Gasteiger partial charge in [0.15, 0.2) is 0 Å². The third-order valence-electron chi connectivity index (χ3n) is 3.94. The molecule has 1 aliphatic rings. The van der Waals surface area contributed by atoms with Crippen molar-refractivity contribution in [2.24, 2.45) is 0 Å². The molecule has 0 unspecified atom stereocenters. The highest BCUT2D eigenvalue weighted by atomic mass is 19.4. The van der Waals surface area contributed by atoms with E-state index in [0.29, 0.717) is 5.56 Å². The predicted molar refractivity (Wildman–Crippen MR) is 71.8 cm³/mol. The van der Waals surface area contributed by atoms with Gasteiger partial charge in [0.1, 0.15) is 5.75 Å². The van der Waals surface area contributed by atoms with Crippen molar-refractivity contribution in [3.63, 3.8) is 0 Å². The van der Waals surface area contributed by atoms with Crippen molar-refractivity contribution in [2.75, 3.05) is 19.6 Å². The number of piperidine rings is 1. The highest BCUT2D eigenvalue weighted by Gasteiger charge is 2.35. The fourth-order valence-corrected chi connectivity index (χ4v) is 2.90. The van der Waals surface area contributed by atoms with Crippen LogP contribution in [0.5, 0.6) is 5.75 Å². The third-order valence-corrected chi connectivity index (χ3v) is 3.94. The first-order valence-corrected chi connectivity index (χ1v) is 7.05. The molecular weight excluding hydrogens is 267 g/mol. The molecule has 20 heavy (non-hydrogen) atoms. The Bertz CT molecular complexity index is 451. The summed E-state index contributed by atoms with van der Waals surface area (Å²) in [6.07, 6.45) is -1.81. The molecule has 0 atom stereocenters. The van der Waals surface area contributed by atoms with Crippen LogP contribution in [0.1, 0.15) is 43.2 Å². The third kappa shape index (κ3) is 3.26. The lowest BCUT2D eigenvalue weighted by Crippen LogP contribution is -2.33. The standard InChI is InChI=1S/C15H20F3NO/c1-2-8-19-9-6-11(7-10-19)12-4-3-5-13(14(12)20)15(16,17)18/h3-5,11,20H,2,6-10H2,1H3. The van der Waals surface area contributed by atoms with Crippen LogP contribution in [0, 0.1) is 0 Å². The van der Waals surface area contributed by atoms with Gasteiger partial charge in [-0.05, 0) is 56.4 Å². The highest BCUT2D eigenvalue weighted by Crippen LogP contribution is 2.41. The molecular formula is C15H20F3NO. The van der Waals surface area contributed by atoms with Crippen LogP contribution in [-0.2, 0) is 6.18 Å². The molecule has 1 heterocycles. The second-order valence-corrected chi connectivity index (χ2v) is 5.36. The zero-order valence-corrected chi connectivity index (χ0v) is 11.6. The van der Waals surface area contributed by atoms with Crippen LogP contribution in [-0.4, -0.2) is 29.6 Å². The Labute approximate surface area is 117 Å². The van der Waals surface area contributed by atoms with Crippen LogP contribution in [0.4, 0.5) is 13.2 Å². The minimum absolute atomic E-state index is 0.0189. The number of halogens is 3. The van der Waals surface area contributed by atoms with E-state index in [-0.39, 0.29) is 5.92 Å². The lowest BCUT2D eigenvalue weighted by Gasteiger charge is -2.32. The van der Waals surface area contributed by atoms with E-state index in [2.05, 4.69) is 11.8 Å². The molecule has 0 bridgehead atoms. The fraction of sp³-hybridized carbons (Fsp3) is 0.600. The molecule has 0 amide bonds. The molecule has 0 aliphatic carbocycles. The topological polar surface area (TPSA) is 23.5 Å². The summed E-state index contributed by atoms with van der Waals surface area (Å²) in [5, 5.41) is 9.91. The van der Waals surface area contributed by atoms with Gasteiger partial charge in [-0.3, -0.25) is 0 Å². The Hall–Kier alpha value is -1.23. The summed E-state index contributed by atoms with van der Waals surface area (Å²) in [6.45, 7) is 4.91. The maximum atomic E-state index is 12.8. The maximum Gasteiger partial charge on any atom is 0.419 e. The van der Waals surface area contributed by atoms with Crippen molar-refractivity contribution in [3.8, 4) is 5.75 Å². The molecule has 0 saturated carbocycles. The average Bonchev–Trinajstić information content (AvgIpc) is 2.39. The SMILES string of the molecule is CCCN1CCC(c2cccc(C(F)(F)F)c2O)CC1. The van der Waals surface area contributed by atoms with Crippen LogP contribution in [0.2, 0.25) is 0 Å². The monoisotopic (exact) mass is 287 g/mol. The second-order valence-electron chi connectivity index (χ2n) is 5.36. The largest absolute Gasteiger partial charge is 0.507 e. The minimum Gasteiger partial charge on any atom is -0.507 e. The van der Waals surface area contributed by atoms with E-state index in [1.165, 1.54) is 6.07 Å². The lowest BCUT2D eigenvalue weighted by molar-refractivity contribution is -0.138. The predicted octanol–water partition coefficient (Wildman–Crippen LogP) is 4.00. The molecule has 2 nitrogen and oxygen atoms in total. The quantitative estimate of drug-likeness (QED) is 0.908. The first-order valence-electron chi connectivity index (χ1n) is 7.05. The number of para-hydroxylation sites is 1. The average molecular weight is 287 g/mol. The normalized spacial score (nSPS) is 18.4. The maximum absolute atomic E-state index is 12.8. The van der Waals surface area contributed by atoms with Crippen molar-refractivity contribution < 1.29 is 18.3 Å². The van der Waals surface area contributed by atoms with E-state index < -0.39 is 17.5 Å². The van der Waals surface area contributed by atoms with E-state index >= 15 is 0 Å². The van der Waals surface area contributed by atoms with Crippen molar-refractivity contribution in [1.29, 1.82) is 0 Å². The molecule has 0 spiro atoms. The number of likely N-dealkylation sites (tertiary alicyclic amines) is 1. The number of phenolic OH excluding ortho intramolecular Hbond substituents is 1. The van der Waals surface area contributed by atoms with Gasteiger partial charge in [-0.1, -0.05) is 19.1 Å². The number of rotatable bonds is 3. The lowest BCUT2D eigenvalue weighted by atomic mass is 9.87. The van der Waals surface area contributed by atoms with Crippen molar-refractivity contribution in [3.05, 3.63) is 29.3 Å². The Kier molecular flexibility index (Phi) is 4.58. The summed E-state index contributed by atoms with van der Waals surface area (Å²) in [5.74, 6) is -0.570. The van der Waals surface area contributed by atoms with E-state index in [1.807, 2.05) is 0 Å². The summed E-state index contributed by atoms with van der Waals surface area (Å²) < 4.78 is 38.4. The Morgan fingerprint density at radius 1 is 1.25 bits per heavy atom.